The van der Waals surface area contributed by atoms with E-state index < -0.39 is 0 Å². The van der Waals surface area contributed by atoms with Crippen LogP contribution < -0.4 is 10.6 Å². The predicted octanol–water partition coefficient (Wildman–Crippen LogP) is 3.39. The minimum atomic E-state index is 0. The third kappa shape index (κ3) is 6.81. The van der Waals surface area contributed by atoms with Crippen molar-refractivity contribution in [1.82, 2.24) is 10.6 Å². The zero-order chi connectivity index (χ0) is 12.7. The minimum absolute atomic E-state index is 0. The second-order valence-electron chi connectivity index (χ2n) is 5.55. The first-order chi connectivity index (χ1) is 8.15. The summed E-state index contributed by atoms with van der Waals surface area (Å²) in [7, 11) is 1.84. The van der Waals surface area contributed by atoms with Crippen LogP contribution in [0.1, 0.15) is 52.9 Å². The summed E-state index contributed by atoms with van der Waals surface area (Å²) in [6, 6.07) is 0.442. The Morgan fingerprint density at radius 1 is 1.17 bits per heavy atom. The molecule has 1 rings (SSSR count). The minimum Gasteiger partial charge on any atom is -0.356 e. The maximum absolute atomic E-state index is 4.24. The summed E-state index contributed by atoms with van der Waals surface area (Å²) in [4.78, 5) is 4.24. The number of hydrogen-bond donors (Lipinski definition) is 2. The first-order valence-electron chi connectivity index (χ1n) is 7.12. The van der Waals surface area contributed by atoms with Gasteiger partial charge in [0.15, 0.2) is 5.96 Å². The molecule has 0 spiro atoms. The summed E-state index contributed by atoms with van der Waals surface area (Å²) >= 11 is 0. The molecule has 0 bridgehead atoms. The van der Waals surface area contributed by atoms with Crippen LogP contribution in [0, 0.1) is 11.8 Å². The Kier molecular flexibility index (Phi) is 9.87. The number of nitrogens with zero attached hydrogens (tertiary/aromatic N) is 1. The molecule has 1 fully saturated rings. The first kappa shape index (κ1) is 18.0. The lowest BCUT2D eigenvalue weighted by Gasteiger charge is -2.28. The molecule has 18 heavy (non-hydrogen) atoms. The zero-order valence-electron chi connectivity index (χ0n) is 12.3. The predicted molar refractivity (Wildman–Crippen MR) is 90.8 cm³/mol. The van der Waals surface area contributed by atoms with Crippen molar-refractivity contribution >= 4 is 29.9 Å². The van der Waals surface area contributed by atoms with E-state index in [4.69, 9.17) is 0 Å². The Morgan fingerprint density at radius 2 is 1.72 bits per heavy atom. The van der Waals surface area contributed by atoms with Crippen molar-refractivity contribution in [2.45, 2.75) is 58.9 Å². The van der Waals surface area contributed by atoms with E-state index in [2.05, 4.69) is 36.4 Å². The highest BCUT2D eigenvalue weighted by Crippen LogP contribution is 2.29. The topological polar surface area (TPSA) is 36.4 Å². The summed E-state index contributed by atoms with van der Waals surface area (Å²) in [5.74, 6) is 2.76. The van der Waals surface area contributed by atoms with Gasteiger partial charge >= 0.3 is 0 Å². The van der Waals surface area contributed by atoms with Gasteiger partial charge in [0.25, 0.3) is 0 Å². The van der Waals surface area contributed by atoms with E-state index in [1.54, 1.807) is 0 Å². The molecule has 1 saturated carbocycles. The van der Waals surface area contributed by atoms with Crippen molar-refractivity contribution in [2.24, 2.45) is 16.8 Å². The fraction of sp³-hybridized carbons (Fsp3) is 0.929. The third-order valence-corrected chi connectivity index (χ3v) is 3.75. The highest BCUT2D eigenvalue weighted by Gasteiger charge is 2.19. The average molecular weight is 367 g/mol. The van der Waals surface area contributed by atoms with Crippen molar-refractivity contribution in [3.63, 3.8) is 0 Å². The Balaban J connectivity index is 0.00000289. The molecule has 0 unspecified atom stereocenters. The molecule has 0 saturated heterocycles. The van der Waals surface area contributed by atoms with Gasteiger partial charge in [-0.25, -0.2) is 0 Å². The van der Waals surface area contributed by atoms with Crippen molar-refractivity contribution in [3.05, 3.63) is 0 Å². The van der Waals surface area contributed by atoms with Crippen LogP contribution in [0.5, 0.6) is 0 Å². The molecule has 108 valence electrons. The van der Waals surface area contributed by atoms with Crippen molar-refractivity contribution in [2.75, 3.05) is 13.6 Å². The lowest BCUT2D eigenvalue weighted by molar-refractivity contribution is 0.269. The zero-order valence-corrected chi connectivity index (χ0v) is 14.7. The molecule has 0 atom stereocenters. The van der Waals surface area contributed by atoms with Gasteiger partial charge in [-0.2, -0.15) is 0 Å². The summed E-state index contributed by atoms with van der Waals surface area (Å²) in [5.41, 5.74) is 0. The maximum atomic E-state index is 4.24. The molecule has 1 aliphatic rings. The Labute approximate surface area is 130 Å². The van der Waals surface area contributed by atoms with Crippen LogP contribution in [-0.4, -0.2) is 25.6 Å². The number of halogens is 1. The number of guanidine groups is 1. The molecule has 0 radical (unpaired) electrons. The highest BCUT2D eigenvalue weighted by molar-refractivity contribution is 14.0. The van der Waals surface area contributed by atoms with E-state index in [1.807, 2.05) is 7.05 Å². The van der Waals surface area contributed by atoms with E-state index in [0.717, 1.165) is 24.3 Å². The number of hydrogen-bond acceptors (Lipinski definition) is 1. The number of nitrogens with one attached hydrogen (secondary N) is 2. The van der Waals surface area contributed by atoms with Crippen LogP contribution in [0.2, 0.25) is 0 Å². The molecule has 0 aromatic heterocycles. The van der Waals surface area contributed by atoms with Gasteiger partial charge in [0.2, 0.25) is 0 Å². The normalized spacial score (nSPS) is 24.6. The smallest absolute Gasteiger partial charge is 0.191 e. The fourth-order valence-electron chi connectivity index (χ4n) is 2.55. The van der Waals surface area contributed by atoms with Crippen LogP contribution in [0.4, 0.5) is 0 Å². The van der Waals surface area contributed by atoms with E-state index in [0.29, 0.717) is 6.04 Å². The molecule has 0 aromatic rings. The van der Waals surface area contributed by atoms with Crippen molar-refractivity contribution in [3.8, 4) is 0 Å². The van der Waals surface area contributed by atoms with Gasteiger partial charge in [-0.05, 0) is 38.5 Å². The van der Waals surface area contributed by atoms with Crippen LogP contribution in [0.3, 0.4) is 0 Å². The van der Waals surface area contributed by atoms with Crippen molar-refractivity contribution in [1.29, 1.82) is 0 Å². The number of aliphatic imine (C=N–C) groups is 1. The average Bonchev–Trinajstić information content (AvgIpc) is 2.34. The number of rotatable bonds is 4. The van der Waals surface area contributed by atoms with Crippen LogP contribution >= 0.6 is 24.0 Å². The lowest BCUT2D eigenvalue weighted by Crippen LogP contribution is -2.43. The quantitative estimate of drug-likeness (QED) is 0.454. The summed E-state index contributed by atoms with van der Waals surface area (Å²) in [6.07, 6.45) is 6.95. The second kappa shape index (κ2) is 9.87. The fourth-order valence-corrected chi connectivity index (χ4v) is 2.55. The van der Waals surface area contributed by atoms with Crippen LogP contribution in [-0.2, 0) is 0 Å². The molecular weight excluding hydrogens is 337 g/mol. The molecular formula is C14H30IN3. The summed E-state index contributed by atoms with van der Waals surface area (Å²) in [6.45, 7) is 7.67. The molecule has 0 aliphatic heterocycles. The maximum Gasteiger partial charge on any atom is 0.191 e. The van der Waals surface area contributed by atoms with Crippen LogP contribution in [0.25, 0.3) is 0 Å². The van der Waals surface area contributed by atoms with Gasteiger partial charge in [-0.15, -0.1) is 24.0 Å². The molecule has 0 aromatic carbocycles. The van der Waals surface area contributed by atoms with Gasteiger partial charge in [0.05, 0.1) is 0 Å². The standard InChI is InChI=1S/C14H29N3.HI/c1-5-12-6-8-13(9-7-12)10-16-14(15-4)17-11(2)3;/h11-13H,5-10H2,1-4H3,(H2,15,16,17);1H. The van der Waals surface area contributed by atoms with Gasteiger partial charge < -0.3 is 10.6 Å². The van der Waals surface area contributed by atoms with Crippen LogP contribution in [0.15, 0.2) is 4.99 Å². The van der Waals surface area contributed by atoms with Gasteiger partial charge in [0, 0.05) is 19.6 Å². The largest absolute Gasteiger partial charge is 0.356 e. The van der Waals surface area contributed by atoms with Gasteiger partial charge in [0.1, 0.15) is 0 Å². The summed E-state index contributed by atoms with van der Waals surface area (Å²) in [5, 5.41) is 6.77. The molecule has 2 N–H and O–H groups in total. The van der Waals surface area contributed by atoms with E-state index in [-0.39, 0.29) is 24.0 Å². The molecule has 0 amide bonds. The summed E-state index contributed by atoms with van der Waals surface area (Å²) < 4.78 is 0. The van der Waals surface area contributed by atoms with E-state index in [1.165, 1.54) is 32.1 Å². The van der Waals surface area contributed by atoms with Gasteiger partial charge in [-0.3, -0.25) is 4.99 Å². The Morgan fingerprint density at radius 3 is 2.17 bits per heavy atom. The van der Waals surface area contributed by atoms with E-state index in [9.17, 15) is 0 Å². The monoisotopic (exact) mass is 367 g/mol. The molecule has 4 heteroatoms. The molecule has 0 heterocycles. The SMILES string of the molecule is CCC1CCC(CNC(=NC)NC(C)C)CC1.I. The highest BCUT2D eigenvalue weighted by atomic mass is 127. The first-order valence-corrected chi connectivity index (χ1v) is 7.12. The molecule has 1 aliphatic carbocycles. The molecule has 3 nitrogen and oxygen atoms in total. The van der Waals surface area contributed by atoms with Gasteiger partial charge in [-0.1, -0.05) is 26.2 Å². The lowest BCUT2D eigenvalue weighted by atomic mass is 9.81. The Hall–Kier alpha value is 0. The Bertz CT molecular complexity index is 233. The van der Waals surface area contributed by atoms with E-state index >= 15 is 0 Å². The third-order valence-electron chi connectivity index (χ3n) is 3.75. The second-order valence-corrected chi connectivity index (χ2v) is 5.55. The van der Waals surface area contributed by atoms with Crippen molar-refractivity contribution < 1.29 is 0 Å².